The first kappa shape index (κ1) is 21.5. The molecule has 0 radical (unpaired) electrons. The lowest BCUT2D eigenvalue weighted by Gasteiger charge is -2.13. The third-order valence-electron chi connectivity index (χ3n) is 3.60. The van der Waals surface area contributed by atoms with Crippen molar-refractivity contribution < 1.29 is 14.6 Å². The molecule has 0 heterocycles. The highest BCUT2D eigenvalue weighted by atomic mass is 35.5. The molecule has 0 bridgehead atoms. The molecule has 8 heteroatoms. The molecule has 0 amide bonds. The van der Waals surface area contributed by atoms with E-state index in [0.29, 0.717) is 45.3 Å². The minimum Gasteiger partial charge on any atom is -0.490 e. The highest BCUT2D eigenvalue weighted by molar-refractivity contribution is 6.48. The van der Waals surface area contributed by atoms with Crippen molar-refractivity contribution in [1.82, 2.24) is 0 Å². The third-order valence-corrected chi connectivity index (χ3v) is 5.36. The van der Waals surface area contributed by atoms with Crippen LogP contribution < -0.4 is 4.74 Å². The van der Waals surface area contributed by atoms with Gasteiger partial charge in [-0.15, -0.1) is 0 Å². The summed E-state index contributed by atoms with van der Waals surface area (Å²) in [5, 5.41) is 10.3. The molecule has 140 valence electrons. The van der Waals surface area contributed by atoms with Gasteiger partial charge in [-0.3, -0.25) is 4.79 Å². The molecule has 0 saturated carbocycles. The van der Waals surface area contributed by atoms with Crippen molar-refractivity contribution in [3.05, 3.63) is 49.4 Å². The first-order valence-corrected chi connectivity index (χ1v) is 9.67. The molecule has 26 heavy (non-hydrogen) atoms. The molecule has 1 N–H and O–H groups in total. The van der Waals surface area contributed by atoms with Crippen LogP contribution in [0.1, 0.15) is 25.7 Å². The van der Waals surface area contributed by atoms with Crippen LogP contribution in [0.2, 0.25) is 25.1 Å². The summed E-state index contributed by atoms with van der Waals surface area (Å²) in [5.41, 5.74) is 1.46. The zero-order chi connectivity index (χ0) is 19.3. The summed E-state index contributed by atoms with van der Waals surface area (Å²) >= 11 is 30.7. The Balaban J connectivity index is 2.07. The van der Waals surface area contributed by atoms with Crippen LogP contribution in [0.15, 0.2) is 24.3 Å². The Bertz CT molecular complexity index is 761. The first-order chi connectivity index (χ1) is 12.3. The predicted molar refractivity (Wildman–Crippen MR) is 109 cm³/mol. The molecule has 0 fully saturated rings. The summed E-state index contributed by atoms with van der Waals surface area (Å²) < 4.78 is 5.65. The molecular weight excluding hydrogens is 441 g/mol. The van der Waals surface area contributed by atoms with Crippen molar-refractivity contribution in [2.45, 2.75) is 25.7 Å². The molecule has 0 aliphatic heterocycles. The second-order valence-electron chi connectivity index (χ2n) is 5.58. The molecule has 0 spiro atoms. The smallest absolute Gasteiger partial charge is 0.303 e. The zero-order valence-corrected chi connectivity index (χ0v) is 17.3. The van der Waals surface area contributed by atoms with E-state index in [4.69, 9.17) is 67.8 Å². The van der Waals surface area contributed by atoms with Crippen molar-refractivity contribution in [3.63, 3.8) is 0 Å². The first-order valence-electron chi connectivity index (χ1n) is 7.78. The predicted octanol–water partition coefficient (Wildman–Crippen LogP) is 7.64. The van der Waals surface area contributed by atoms with Gasteiger partial charge in [-0.25, -0.2) is 0 Å². The lowest BCUT2D eigenvalue weighted by Crippen LogP contribution is -2.00. The Morgan fingerprint density at radius 1 is 0.808 bits per heavy atom. The lowest BCUT2D eigenvalue weighted by molar-refractivity contribution is -0.137. The molecular formula is C18H15Cl5O3. The van der Waals surface area contributed by atoms with E-state index in [0.717, 1.165) is 17.5 Å². The topological polar surface area (TPSA) is 46.5 Å². The molecule has 0 saturated heterocycles. The highest BCUT2D eigenvalue weighted by Crippen LogP contribution is 2.40. The Morgan fingerprint density at radius 2 is 1.31 bits per heavy atom. The maximum atomic E-state index is 10.5. The minimum atomic E-state index is -0.796. The van der Waals surface area contributed by atoms with Crippen molar-refractivity contribution in [2.75, 3.05) is 6.61 Å². The molecule has 0 aliphatic rings. The summed E-state index contributed by atoms with van der Waals surface area (Å²) in [6, 6.07) is 6.79. The maximum absolute atomic E-state index is 10.5. The van der Waals surface area contributed by atoms with E-state index in [1.807, 2.05) is 0 Å². The second kappa shape index (κ2) is 9.91. The van der Waals surface area contributed by atoms with Crippen molar-refractivity contribution in [2.24, 2.45) is 0 Å². The van der Waals surface area contributed by atoms with Crippen molar-refractivity contribution in [3.8, 4) is 16.9 Å². The monoisotopic (exact) mass is 454 g/mol. The number of carboxylic acids is 1. The standard InChI is InChI=1S/C18H15Cl5O3/c19-12-6-10(7-13(20)17(12)23)11-8-14(21)18(15(22)9-11)26-5-3-1-2-4-16(24)25/h6-9H,1-5H2,(H,24,25). The average molecular weight is 457 g/mol. The number of halogens is 5. The van der Waals surface area contributed by atoms with Crippen LogP contribution in [0.5, 0.6) is 5.75 Å². The number of carbonyl (C=O) groups is 1. The summed E-state index contributed by atoms with van der Waals surface area (Å²) in [5.74, 6) is -0.406. The molecule has 2 rings (SSSR count). The average Bonchev–Trinajstić information content (AvgIpc) is 2.56. The summed E-state index contributed by atoms with van der Waals surface area (Å²) in [7, 11) is 0. The van der Waals surface area contributed by atoms with Crippen LogP contribution >= 0.6 is 58.0 Å². The van der Waals surface area contributed by atoms with E-state index >= 15 is 0 Å². The van der Waals surface area contributed by atoms with E-state index in [9.17, 15) is 4.79 Å². The van der Waals surface area contributed by atoms with Gasteiger partial charge in [0.05, 0.1) is 31.7 Å². The largest absolute Gasteiger partial charge is 0.490 e. The van der Waals surface area contributed by atoms with E-state index < -0.39 is 5.97 Å². The number of benzene rings is 2. The van der Waals surface area contributed by atoms with E-state index in [-0.39, 0.29) is 11.4 Å². The van der Waals surface area contributed by atoms with Crippen LogP contribution in [0.4, 0.5) is 0 Å². The Kier molecular flexibility index (Phi) is 8.18. The maximum Gasteiger partial charge on any atom is 0.303 e. The highest BCUT2D eigenvalue weighted by Gasteiger charge is 2.13. The second-order valence-corrected chi connectivity index (χ2v) is 7.58. The number of carboxylic acid groups (broad SMARTS) is 1. The van der Waals surface area contributed by atoms with Gasteiger partial charge in [0.2, 0.25) is 0 Å². The molecule has 2 aromatic carbocycles. The van der Waals surface area contributed by atoms with Crippen molar-refractivity contribution >= 4 is 64.0 Å². The number of rotatable bonds is 8. The number of unbranched alkanes of at least 4 members (excludes halogenated alkanes) is 2. The number of aliphatic carboxylic acids is 1. The van der Waals surface area contributed by atoms with Gasteiger partial charge in [0.1, 0.15) is 0 Å². The van der Waals surface area contributed by atoms with Crippen LogP contribution in [0.3, 0.4) is 0 Å². The van der Waals surface area contributed by atoms with Crippen molar-refractivity contribution in [1.29, 1.82) is 0 Å². The fraction of sp³-hybridized carbons (Fsp3) is 0.278. The Hall–Kier alpha value is -0.840. The van der Waals surface area contributed by atoms with Gasteiger partial charge in [-0.05, 0) is 54.7 Å². The minimum absolute atomic E-state index is 0.155. The summed E-state index contributed by atoms with van der Waals surface area (Å²) in [6.45, 7) is 0.400. The van der Waals surface area contributed by atoms with Gasteiger partial charge < -0.3 is 9.84 Å². The van der Waals surface area contributed by atoms with Crippen LogP contribution in [-0.2, 0) is 4.79 Å². The van der Waals surface area contributed by atoms with Crippen LogP contribution in [0, 0.1) is 0 Å². The Labute approximate surface area is 176 Å². The van der Waals surface area contributed by atoms with Crippen LogP contribution in [-0.4, -0.2) is 17.7 Å². The zero-order valence-electron chi connectivity index (χ0n) is 13.5. The fourth-order valence-electron chi connectivity index (χ4n) is 2.32. The molecule has 2 aromatic rings. The number of ether oxygens (including phenoxy) is 1. The normalized spacial score (nSPS) is 10.8. The van der Waals surface area contributed by atoms with Gasteiger partial charge in [0, 0.05) is 6.42 Å². The van der Waals surface area contributed by atoms with E-state index in [1.165, 1.54) is 0 Å². The van der Waals surface area contributed by atoms with Gasteiger partial charge in [0.25, 0.3) is 0 Å². The number of hydrogen-bond donors (Lipinski definition) is 1. The van der Waals surface area contributed by atoms with Gasteiger partial charge in [0.15, 0.2) is 5.75 Å². The quantitative estimate of drug-likeness (QED) is 0.328. The molecule has 0 unspecified atom stereocenters. The summed E-state index contributed by atoms with van der Waals surface area (Å²) in [6.07, 6.45) is 2.23. The Morgan fingerprint density at radius 3 is 1.81 bits per heavy atom. The number of hydrogen-bond acceptors (Lipinski definition) is 2. The van der Waals surface area contributed by atoms with Gasteiger partial charge >= 0.3 is 5.97 Å². The van der Waals surface area contributed by atoms with Crippen LogP contribution in [0.25, 0.3) is 11.1 Å². The van der Waals surface area contributed by atoms with Gasteiger partial charge in [-0.1, -0.05) is 58.0 Å². The molecule has 0 atom stereocenters. The third kappa shape index (κ3) is 5.83. The fourth-order valence-corrected chi connectivity index (χ4v) is 3.51. The van der Waals surface area contributed by atoms with E-state index in [1.54, 1.807) is 24.3 Å². The molecule has 3 nitrogen and oxygen atoms in total. The van der Waals surface area contributed by atoms with E-state index in [2.05, 4.69) is 0 Å². The lowest BCUT2D eigenvalue weighted by atomic mass is 10.1. The van der Waals surface area contributed by atoms with Gasteiger partial charge in [-0.2, -0.15) is 0 Å². The molecule has 0 aliphatic carbocycles. The molecule has 0 aromatic heterocycles. The SMILES string of the molecule is O=C(O)CCCCCOc1c(Cl)cc(-c2cc(Cl)c(Cl)c(Cl)c2)cc1Cl. The summed E-state index contributed by atoms with van der Waals surface area (Å²) in [4.78, 5) is 10.5.